The highest BCUT2D eigenvalue weighted by atomic mass is 16.2. The molecule has 2 fully saturated rings. The van der Waals surface area contributed by atoms with E-state index in [1.807, 2.05) is 11.9 Å². The van der Waals surface area contributed by atoms with E-state index in [0.717, 1.165) is 25.9 Å². The van der Waals surface area contributed by atoms with Crippen LogP contribution < -0.4 is 10.6 Å². The van der Waals surface area contributed by atoms with Gasteiger partial charge < -0.3 is 15.5 Å². The zero-order valence-electron chi connectivity index (χ0n) is 9.66. The molecular weight excluding hydrogens is 206 g/mol. The van der Waals surface area contributed by atoms with Gasteiger partial charge in [0.15, 0.2) is 0 Å². The molecule has 0 bridgehead atoms. The summed E-state index contributed by atoms with van der Waals surface area (Å²) < 4.78 is 0. The third-order valence-corrected chi connectivity index (χ3v) is 3.50. The van der Waals surface area contributed by atoms with E-state index < -0.39 is 0 Å². The Morgan fingerprint density at radius 3 is 2.56 bits per heavy atom. The van der Waals surface area contributed by atoms with Gasteiger partial charge in [-0.25, -0.2) is 0 Å². The Bertz CT molecular complexity index is 287. The summed E-state index contributed by atoms with van der Waals surface area (Å²) >= 11 is 0. The molecule has 16 heavy (non-hydrogen) atoms. The monoisotopic (exact) mass is 225 g/mol. The number of nitrogens with one attached hydrogen (secondary N) is 2. The molecule has 0 aliphatic carbocycles. The van der Waals surface area contributed by atoms with Gasteiger partial charge in [-0.3, -0.25) is 9.59 Å². The lowest BCUT2D eigenvalue weighted by atomic mass is 10.0. The number of carbonyl (C=O) groups excluding carboxylic acids is 2. The lowest BCUT2D eigenvalue weighted by Crippen LogP contribution is -2.50. The van der Waals surface area contributed by atoms with Crippen molar-refractivity contribution in [1.29, 1.82) is 0 Å². The minimum absolute atomic E-state index is 0.00272. The second-order valence-electron chi connectivity index (χ2n) is 4.59. The third kappa shape index (κ3) is 2.35. The Hall–Kier alpha value is -1.10. The van der Waals surface area contributed by atoms with E-state index in [2.05, 4.69) is 10.6 Å². The van der Waals surface area contributed by atoms with Gasteiger partial charge in [-0.2, -0.15) is 0 Å². The molecule has 2 rings (SSSR count). The predicted molar refractivity (Wildman–Crippen MR) is 59.8 cm³/mol. The van der Waals surface area contributed by atoms with Crippen molar-refractivity contribution >= 4 is 11.8 Å². The van der Waals surface area contributed by atoms with Crippen LogP contribution in [0.2, 0.25) is 0 Å². The lowest BCUT2D eigenvalue weighted by Gasteiger charge is -2.33. The van der Waals surface area contributed by atoms with Gasteiger partial charge >= 0.3 is 0 Å². The van der Waals surface area contributed by atoms with E-state index in [9.17, 15) is 9.59 Å². The molecule has 1 unspecified atom stereocenters. The standard InChI is InChI=1S/C11H19N3O2/c1-14(8-4-6-12-7-5-8)11(16)9-2-3-10(15)13-9/h8-9,12H,2-7H2,1H3,(H,13,15). The highest BCUT2D eigenvalue weighted by Gasteiger charge is 2.32. The Kier molecular flexibility index (Phi) is 3.43. The number of piperidine rings is 1. The highest BCUT2D eigenvalue weighted by molar-refractivity contribution is 5.90. The fourth-order valence-electron chi connectivity index (χ4n) is 2.42. The van der Waals surface area contributed by atoms with Gasteiger partial charge in [-0.1, -0.05) is 0 Å². The van der Waals surface area contributed by atoms with Gasteiger partial charge in [0.25, 0.3) is 0 Å². The molecule has 2 heterocycles. The average molecular weight is 225 g/mol. The summed E-state index contributed by atoms with van der Waals surface area (Å²) in [5.74, 6) is 0.0646. The van der Waals surface area contributed by atoms with E-state index in [1.165, 1.54) is 0 Å². The first-order valence-electron chi connectivity index (χ1n) is 5.95. The van der Waals surface area contributed by atoms with Crippen molar-refractivity contribution in [2.75, 3.05) is 20.1 Å². The van der Waals surface area contributed by atoms with E-state index in [-0.39, 0.29) is 17.9 Å². The first kappa shape index (κ1) is 11.4. The first-order valence-corrected chi connectivity index (χ1v) is 5.95. The fraction of sp³-hybridized carbons (Fsp3) is 0.818. The number of likely N-dealkylation sites (N-methyl/N-ethyl adjacent to an activating group) is 1. The number of hydrogen-bond donors (Lipinski definition) is 2. The summed E-state index contributed by atoms with van der Waals surface area (Å²) in [7, 11) is 1.85. The Morgan fingerprint density at radius 2 is 2.00 bits per heavy atom. The summed E-state index contributed by atoms with van der Waals surface area (Å²) in [6.45, 7) is 1.94. The smallest absolute Gasteiger partial charge is 0.245 e. The molecule has 2 amide bonds. The van der Waals surface area contributed by atoms with E-state index in [1.54, 1.807) is 0 Å². The van der Waals surface area contributed by atoms with Crippen LogP contribution in [0.3, 0.4) is 0 Å². The molecule has 2 aliphatic heterocycles. The highest BCUT2D eigenvalue weighted by Crippen LogP contribution is 2.15. The van der Waals surface area contributed by atoms with Crippen molar-refractivity contribution in [2.45, 2.75) is 37.8 Å². The number of hydrogen-bond acceptors (Lipinski definition) is 3. The van der Waals surface area contributed by atoms with E-state index in [4.69, 9.17) is 0 Å². The maximum absolute atomic E-state index is 12.1. The SMILES string of the molecule is CN(C(=O)C1CCC(=O)N1)C1CCNCC1. The van der Waals surface area contributed by atoms with Crippen LogP contribution in [-0.4, -0.2) is 48.9 Å². The van der Waals surface area contributed by atoms with Crippen molar-refractivity contribution in [3.63, 3.8) is 0 Å². The minimum Gasteiger partial charge on any atom is -0.344 e. The Balaban J connectivity index is 1.90. The molecule has 5 nitrogen and oxygen atoms in total. The number of amides is 2. The lowest BCUT2D eigenvalue weighted by molar-refractivity contribution is -0.135. The van der Waals surface area contributed by atoms with Gasteiger partial charge in [0.2, 0.25) is 11.8 Å². The Morgan fingerprint density at radius 1 is 1.31 bits per heavy atom. The van der Waals surface area contributed by atoms with Crippen LogP contribution in [0.15, 0.2) is 0 Å². The normalized spacial score (nSPS) is 26.6. The van der Waals surface area contributed by atoms with Crippen LogP contribution in [0.1, 0.15) is 25.7 Å². The number of rotatable bonds is 2. The predicted octanol–water partition coefficient (Wildman–Crippen LogP) is -0.525. The summed E-state index contributed by atoms with van der Waals surface area (Å²) in [4.78, 5) is 25.0. The van der Waals surface area contributed by atoms with Crippen LogP contribution in [0.25, 0.3) is 0 Å². The van der Waals surface area contributed by atoms with Crippen molar-refractivity contribution in [3.8, 4) is 0 Å². The summed E-state index contributed by atoms with van der Waals surface area (Å²) in [6, 6.07) is 0.0404. The van der Waals surface area contributed by atoms with E-state index >= 15 is 0 Å². The van der Waals surface area contributed by atoms with Gasteiger partial charge in [0.05, 0.1) is 0 Å². The van der Waals surface area contributed by atoms with Gasteiger partial charge in [0, 0.05) is 19.5 Å². The molecule has 0 radical (unpaired) electrons. The maximum atomic E-state index is 12.1. The van der Waals surface area contributed by atoms with Crippen LogP contribution in [0.5, 0.6) is 0 Å². The Labute approximate surface area is 95.6 Å². The molecule has 2 saturated heterocycles. The second kappa shape index (κ2) is 4.82. The molecule has 5 heteroatoms. The summed E-state index contributed by atoms with van der Waals surface area (Å²) in [5, 5.41) is 6.01. The molecule has 0 aromatic carbocycles. The van der Waals surface area contributed by atoms with Crippen LogP contribution in [0.4, 0.5) is 0 Å². The molecule has 0 spiro atoms. The summed E-state index contributed by atoms with van der Waals surface area (Å²) in [5.41, 5.74) is 0. The second-order valence-corrected chi connectivity index (χ2v) is 4.59. The van der Waals surface area contributed by atoms with Gasteiger partial charge in [0.1, 0.15) is 6.04 Å². The van der Waals surface area contributed by atoms with Crippen molar-refractivity contribution in [2.24, 2.45) is 0 Å². The summed E-state index contributed by atoms with van der Waals surface area (Å²) in [6.07, 6.45) is 3.13. The topological polar surface area (TPSA) is 61.4 Å². The van der Waals surface area contributed by atoms with E-state index in [0.29, 0.717) is 18.9 Å². The molecule has 0 aromatic heterocycles. The molecule has 1 atom stereocenters. The number of nitrogens with zero attached hydrogens (tertiary/aromatic N) is 1. The van der Waals surface area contributed by atoms with Gasteiger partial charge in [-0.05, 0) is 32.4 Å². The van der Waals surface area contributed by atoms with Crippen LogP contribution in [0, 0.1) is 0 Å². The first-order chi connectivity index (χ1) is 7.68. The largest absolute Gasteiger partial charge is 0.344 e. The zero-order valence-corrected chi connectivity index (χ0v) is 9.66. The maximum Gasteiger partial charge on any atom is 0.245 e. The minimum atomic E-state index is -0.285. The average Bonchev–Trinajstić information content (AvgIpc) is 2.75. The van der Waals surface area contributed by atoms with Crippen molar-refractivity contribution < 1.29 is 9.59 Å². The van der Waals surface area contributed by atoms with Crippen molar-refractivity contribution in [1.82, 2.24) is 15.5 Å². The van der Waals surface area contributed by atoms with Crippen LogP contribution in [-0.2, 0) is 9.59 Å². The fourth-order valence-corrected chi connectivity index (χ4v) is 2.42. The quantitative estimate of drug-likeness (QED) is 0.664. The number of carbonyl (C=O) groups is 2. The molecule has 2 aliphatic rings. The molecule has 0 aromatic rings. The van der Waals surface area contributed by atoms with Crippen molar-refractivity contribution in [3.05, 3.63) is 0 Å². The molecule has 2 N–H and O–H groups in total. The molecular formula is C11H19N3O2. The molecule has 0 saturated carbocycles. The van der Waals surface area contributed by atoms with Gasteiger partial charge in [-0.15, -0.1) is 0 Å². The molecule has 90 valence electrons. The third-order valence-electron chi connectivity index (χ3n) is 3.50. The zero-order chi connectivity index (χ0) is 11.5. The van der Waals surface area contributed by atoms with Crippen LogP contribution >= 0.6 is 0 Å².